The molecule has 0 aromatic carbocycles. The molecule has 0 N–H and O–H groups in total. The van der Waals surface area contributed by atoms with Crippen molar-refractivity contribution < 1.29 is 9.15 Å². The highest BCUT2D eigenvalue weighted by atomic mass is 79.9. The van der Waals surface area contributed by atoms with E-state index in [0.717, 1.165) is 53.3 Å². The maximum Gasteiger partial charge on any atom is 0.257 e. The summed E-state index contributed by atoms with van der Waals surface area (Å²) in [5.41, 5.74) is 0. The molecule has 0 bridgehead atoms. The summed E-state index contributed by atoms with van der Waals surface area (Å²) < 4.78 is 12.4. The zero-order chi connectivity index (χ0) is 14.9. The first-order chi connectivity index (χ1) is 10.8. The van der Waals surface area contributed by atoms with Gasteiger partial charge < -0.3 is 9.15 Å². The van der Waals surface area contributed by atoms with Crippen LogP contribution in [0.2, 0.25) is 0 Å². The molecule has 118 valence electrons. The molecule has 5 nitrogen and oxygen atoms in total. The lowest BCUT2D eigenvalue weighted by Gasteiger charge is -2.17. The minimum Gasteiger partial charge on any atom is -0.419 e. The fourth-order valence-electron chi connectivity index (χ4n) is 3.35. The Morgan fingerprint density at radius 3 is 3.00 bits per heavy atom. The fraction of sp³-hybridized carbons (Fsp3) is 0.600. The molecule has 2 fully saturated rings. The number of hydrogen-bond acceptors (Lipinski definition) is 6. The van der Waals surface area contributed by atoms with Crippen LogP contribution < -0.4 is 0 Å². The number of nitrogens with zero attached hydrogens (tertiary/aromatic N) is 3. The van der Waals surface area contributed by atoms with Gasteiger partial charge in [0.2, 0.25) is 5.89 Å². The molecule has 4 rings (SSSR count). The van der Waals surface area contributed by atoms with Gasteiger partial charge in [0.1, 0.15) is 0 Å². The first-order valence-electron chi connectivity index (χ1n) is 7.66. The van der Waals surface area contributed by atoms with Crippen LogP contribution in [0.4, 0.5) is 0 Å². The number of ether oxygens (including phenoxy) is 1. The van der Waals surface area contributed by atoms with E-state index in [1.165, 1.54) is 12.8 Å². The number of hydrogen-bond donors (Lipinski definition) is 0. The Bertz CT molecular complexity index is 638. The van der Waals surface area contributed by atoms with Gasteiger partial charge in [-0.1, -0.05) is 0 Å². The third-order valence-corrected chi connectivity index (χ3v) is 6.16. The van der Waals surface area contributed by atoms with Gasteiger partial charge in [-0.25, -0.2) is 0 Å². The van der Waals surface area contributed by atoms with Crippen LogP contribution in [0.1, 0.15) is 18.7 Å². The van der Waals surface area contributed by atoms with Crippen molar-refractivity contribution in [3.05, 3.63) is 21.8 Å². The van der Waals surface area contributed by atoms with E-state index >= 15 is 0 Å². The quantitative estimate of drug-likeness (QED) is 0.809. The predicted octanol–water partition coefficient (Wildman–Crippen LogP) is 3.42. The van der Waals surface area contributed by atoms with E-state index in [1.807, 2.05) is 12.1 Å². The second-order valence-electron chi connectivity index (χ2n) is 6.01. The molecule has 0 spiro atoms. The maximum atomic E-state index is 5.81. The van der Waals surface area contributed by atoms with Crippen molar-refractivity contribution in [3.63, 3.8) is 0 Å². The second kappa shape index (κ2) is 6.39. The van der Waals surface area contributed by atoms with E-state index in [9.17, 15) is 0 Å². The van der Waals surface area contributed by atoms with Crippen LogP contribution in [0.25, 0.3) is 10.8 Å². The highest BCUT2D eigenvalue weighted by Gasteiger charge is 2.32. The summed E-state index contributed by atoms with van der Waals surface area (Å²) in [7, 11) is 0. The van der Waals surface area contributed by atoms with Crippen molar-refractivity contribution in [1.29, 1.82) is 0 Å². The van der Waals surface area contributed by atoms with Crippen molar-refractivity contribution in [2.24, 2.45) is 11.8 Å². The molecule has 2 aliphatic heterocycles. The van der Waals surface area contributed by atoms with Crippen LogP contribution in [0.15, 0.2) is 20.3 Å². The van der Waals surface area contributed by atoms with Crippen molar-refractivity contribution in [3.8, 4) is 10.8 Å². The molecule has 7 heteroatoms. The van der Waals surface area contributed by atoms with Gasteiger partial charge >= 0.3 is 0 Å². The summed E-state index contributed by atoms with van der Waals surface area (Å²) in [5.74, 6) is 2.83. The molecule has 4 heterocycles. The summed E-state index contributed by atoms with van der Waals surface area (Å²) in [6, 6.07) is 4.00. The Morgan fingerprint density at radius 2 is 2.23 bits per heavy atom. The molecule has 2 aromatic heterocycles. The third kappa shape index (κ3) is 3.13. The molecule has 0 saturated carbocycles. The van der Waals surface area contributed by atoms with Crippen molar-refractivity contribution >= 4 is 27.3 Å². The van der Waals surface area contributed by atoms with E-state index in [2.05, 4.69) is 31.0 Å². The molecule has 0 aliphatic carbocycles. The second-order valence-corrected chi connectivity index (χ2v) is 8.48. The van der Waals surface area contributed by atoms with E-state index in [-0.39, 0.29) is 0 Å². The topological polar surface area (TPSA) is 51.4 Å². The third-order valence-electron chi connectivity index (χ3n) is 4.55. The Hall–Kier alpha value is -0.760. The summed E-state index contributed by atoms with van der Waals surface area (Å²) in [4.78, 5) is 3.43. The zero-order valence-corrected chi connectivity index (χ0v) is 14.6. The minimum absolute atomic E-state index is 0.616. The molecule has 0 radical (unpaired) electrons. The van der Waals surface area contributed by atoms with E-state index < -0.39 is 0 Å². The normalized spacial score (nSPS) is 26.0. The Morgan fingerprint density at radius 1 is 1.27 bits per heavy atom. The molecule has 2 atom stereocenters. The molecular formula is C15H18BrN3O2S. The standard InChI is InChI=1S/C15H18BrN3O2S/c16-13-2-1-12(22-13)15-18-17-14(21-15)8-19-5-3-10(7-19)11-4-6-20-9-11/h1-2,10-11H,3-9H2. The lowest BCUT2D eigenvalue weighted by molar-refractivity contribution is 0.170. The number of aromatic nitrogens is 2. The maximum absolute atomic E-state index is 5.81. The average Bonchev–Trinajstić information content (AvgIpc) is 3.26. The summed E-state index contributed by atoms with van der Waals surface area (Å²) in [5, 5.41) is 8.36. The molecule has 2 saturated heterocycles. The van der Waals surface area contributed by atoms with Gasteiger partial charge in [0.25, 0.3) is 5.89 Å². The van der Waals surface area contributed by atoms with Crippen molar-refractivity contribution in [2.75, 3.05) is 26.3 Å². The minimum atomic E-state index is 0.616. The fourth-order valence-corrected chi connectivity index (χ4v) is 4.66. The lowest BCUT2D eigenvalue weighted by Crippen LogP contribution is -2.23. The van der Waals surface area contributed by atoms with Gasteiger partial charge in [-0.2, -0.15) is 0 Å². The SMILES string of the molecule is Brc1ccc(-c2nnc(CN3CCC(C4CCOC4)C3)o2)s1. The number of rotatable bonds is 4. The van der Waals surface area contributed by atoms with Crippen LogP contribution >= 0.6 is 27.3 Å². The lowest BCUT2D eigenvalue weighted by atomic mass is 9.91. The van der Waals surface area contributed by atoms with Crippen LogP contribution in [-0.2, 0) is 11.3 Å². The number of thiophene rings is 1. The van der Waals surface area contributed by atoms with Crippen LogP contribution in [0.3, 0.4) is 0 Å². The number of halogens is 1. The number of likely N-dealkylation sites (tertiary alicyclic amines) is 1. The monoisotopic (exact) mass is 383 g/mol. The van der Waals surface area contributed by atoms with E-state index in [4.69, 9.17) is 9.15 Å². The molecule has 2 aromatic rings. The first-order valence-corrected chi connectivity index (χ1v) is 9.27. The van der Waals surface area contributed by atoms with Crippen LogP contribution in [0.5, 0.6) is 0 Å². The molecule has 2 aliphatic rings. The van der Waals surface area contributed by atoms with Gasteiger partial charge in [0, 0.05) is 19.8 Å². The van der Waals surface area contributed by atoms with Gasteiger partial charge in [0.05, 0.1) is 15.2 Å². The highest BCUT2D eigenvalue weighted by Crippen LogP contribution is 2.32. The van der Waals surface area contributed by atoms with Crippen LogP contribution in [0, 0.1) is 11.8 Å². The highest BCUT2D eigenvalue weighted by molar-refractivity contribution is 9.11. The molecule has 22 heavy (non-hydrogen) atoms. The Balaban J connectivity index is 1.37. The van der Waals surface area contributed by atoms with E-state index in [1.54, 1.807) is 11.3 Å². The van der Waals surface area contributed by atoms with Crippen molar-refractivity contribution in [1.82, 2.24) is 15.1 Å². The van der Waals surface area contributed by atoms with E-state index in [0.29, 0.717) is 11.8 Å². The van der Waals surface area contributed by atoms with Gasteiger partial charge in [-0.05, 0) is 59.3 Å². The zero-order valence-electron chi connectivity index (χ0n) is 12.2. The molecule has 0 amide bonds. The van der Waals surface area contributed by atoms with Gasteiger partial charge in [0.15, 0.2) is 0 Å². The summed E-state index contributed by atoms with van der Waals surface area (Å²) in [6.45, 7) is 4.87. The van der Waals surface area contributed by atoms with Crippen molar-refractivity contribution in [2.45, 2.75) is 19.4 Å². The largest absolute Gasteiger partial charge is 0.419 e. The Kier molecular flexibility index (Phi) is 4.30. The summed E-state index contributed by atoms with van der Waals surface area (Å²) in [6.07, 6.45) is 2.48. The molecule has 2 unspecified atom stereocenters. The summed E-state index contributed by atoms with van der Waals surface area (Å²) >= 11 is 5.06. The van der Waals surface area contributed by atoms with Gasteiger partial charge in [-0.3, -0.25) is 4.90 Å². The van der Waals surface area contributed by atoms with Crippen LogP contribution in [-0.4, -0.2) is 41.4 Å². The van der Waals surface area contributed by atoms with Gasteiger partial charge in [-0.15, -0.1) is 21.5 Å². The first kappa shape index (κ1) is 14.8. The molecular weight excluding hydrogens is 366 g/mol. The Labute approximate surface area is 141 Å². The predicted molar refractivity (Wildman–Crippen MR) is 87.6 cm³/mol. The smallest absolute Gasteiger partial charge is 0.257 e. The average molecular weight is 384 g/mol.